The predicted molar refractivity (Wildman–Crippen MR) is 115 cm³/mol. The number of carbonyl (C=O) groups is 1. The van der Waals surface area contributed by atoms with Crippen molar-refractivity contribution in [1.82, 2.24) is 5.32 Å². The lowest BCUT2D eigenvalue weighted by molar-refractivity contribution is -0.119. The first-order valence-electron chi connectivity index (χ1n) is 9.70. The smallest absolute Gasteiger partial charge is 0.240 e. The Labute approximate surface area is 168 Å². The second kappa shape index (κ2) is 10.3. The van der Waals surface area contributed by atoms with Crippen LogP contribution in [0, 0.1) is 5.92 Å². The van der Waals surface area contributed by atoms with Gasteiger partial charge in [-0.1, -0.05) is 62.7 Å². The lowest BCUT2D eigenvalue weighted by Gasteiger charge is -2.23. The number of amides is 1. The Bertz CT molecular complexity index is 849. The van der Waals surface area contributed by atoms with Crippen LogP contribution < -0.4 is 9.62 Å². The third kappa shape index (κ3) is 6.68. The molecule has 1 unspecified atom stereocenters. The van der Waals surface area contributed by atoms with E-state index in [4.69, 9.17) is 0 Å². The van der Waals surface area contributed by atoms with E-state index in [-0.39, 0.29) is 12.5 Å². The van der Waals surface area contributed by atoms with Crippen molar-refractivity contribution in [3.63, 3.8) is 0 Å². The molecule has 0 aromatic heterocycles. The first-order valence-corrected chi connectivity index (χ1v) is 11.6. The van der Waals surface area contributed by atoms with Crippen molar-refractivity contribution < 1.29 is 13.2 Å². The minimum Gasteiger partial charge on any atom is -0.354 e. The summed E-state index contributed by atoms with van der Waals surface area (Å²) in [6, 6.07) is 17.4. The van der Waals surface area contributed by atoms with Gasteiger partial charge in [0, 0.05) is 6.54 Å². The average molecular weight is 403 g/mol. The highest BCUT2D eigenvalue weighted by molar-refractivity contribution is 7.92. The van der Waals surface area contributed by atoms with Gasteiger partial charge in [-0.3, -0.25) is 9.10 Å². The van der Waals surface area contributed by atoms with Crippen molar-refractivity contribution in [3.8, 4) is 0 Å². The molecular weight excluding hydrogens is 372 g/mol. The van der Waals surface area contributed by atoms with Crippen LogP contribution in [0.1, 0.15) is 31.4 Å². The molecular formula is C22H30N2O3S. The topological polar surface area (TPSA) is 66.5 Å². The van der Waals surface area contributed by atoms with E-state index in [0.717, 1.165) is 35.4 Å². The zero-order valence-electron chi connectivity index (χ0n) is 16.9. The van der Waals surface area contributed by atoms with Gasteiger partial charge >= 0.3 is 0 Å². The second-order valence-corrected chi connectivity index (χ2v) is 8.96. The van der Waals surface area contributed by atoms with Crippen molar-refractivity contribution in [3.05, 3.63) is 65.7 Å². The first kappa shape index (κ1) is 22.0. The van der Waals surface area contributed by atoms with Gasteiger partial charge in [-0.25, -0.2) is 8.42 Å². The van der Waals surface area contributed by atoms with Crippen LogP contribution in [0.15, 0.2) is 54.6 Å². The summed E-state index contributed by atoms with van der Waals surface area (Å²) in [6.45, 7) is 4.44. The molecule has 0 heterocycles. The van der Waals surface area contributed by atoms with Crippen LogP contribution in [0.25, 0.3) is 0 Å². The zero-order chi connectivity index (χ0) is 20.6. The van der Waals surface area contributed by atoms with Gasteiger partial charge in [0.25, 0.3) is 0 Å². The van der Waals surface area contributed by atoms with E-state index < -0.39 is 10.0 Å². The molecule has 0 fully saturated rings. The number of rotatable bonds is 10. The Kier molecular flexibility index (Phi) is 8.05. The van der Waals surface area contributed by atoms with Crippen LogP contribution in [0.3, 0.4) is 0 Å². The fraction of sp³-hybridized carbons (Fsp3) is 0.409. The molecule has 1 atom stereocenters. The Morgan fingerprint density at radius 2 is 1.64 bits per heavy atom. The zero-order valence-corrected chi connectivity index (χ0v) is 17.7. The van der Waals surface area contributed by atoms with Gasteiger partial charge in [-0.2, -0.15) is 0 Å². The summed E-state index contributed by atoms with van der Waals surface area (Å²) < 4.78 is 25.6. The van der Waals surface area contributed by atoms with Gasteiger partial charge in [0.2, 0.25) is 15.9 Å². The van der Waals surface area contributed by atoms with E-state index in [1.807, 2.05) is 37.3 Å². The third-order valence-corrected chi connectivity index (χ3v) is 5.99. The molecule has 2 rings (SSSR count). The number of sulfonamides is 1. The Morgan fingerprint density at radius 1 is 1.00 bits per heavy atom. The van der Waals surface area contributed by atoms with Crippen LogP contribution in [0.4, 0.5) is 5.69 Å². The van der Waals surface area contributed by atoms with Crippen molar-refractivity contribution in [1.29, 1.82) is 0 Å². The van der Waals surface area contributed by atoms with Gasteiger partial charge in [0.15, 0.2) is 0 Å². The van der Waals surface area contributed by atoms with Gasteiger partial charge in [0.05, 0.1) is 11.9 Å². The molecule has 0 aliphatic carbocycles. The molecule has 1 N–H and O–H groups in total. The van der Waals surface area contributed by atoms with Crippen LogP contribution in [-0.2, 0) is 27.7 Å². The van der Waals surface area contributed by atoms with E-state index in [1.54, 1.807) is 12.1 Å². The van der Waals surface area contributed by atoms with Crippen molar-refractivity contribution in [2.75, 3.05) is 23.7 Å². The molecule has 28 heavy (non-hydrogen) atoms. The number of hydrogen-bond donors (Lipinski definition) is 1. The molecule has 1 amide bonds. The number of anilines is 1. The van der Waals surface area contributed by atoms with E-state index >= 15 is 0 Å². The summed E-state index contributed by atoms with van der Waals surface area (Å²) in [5.74, 6) is 0.0124. The standard InChI is InChI=1S/C22H30N2O3S/c1-4-18-11-13-21(14-12-18)24(28(3,26)27)17-22(25)23-16-19(5-2)15-20-9-7-6-8-10-20/h6-14,19H,4-5,15-17H2,1-3H3,(H,23,25). The SMILES string of the molecule is CCc1ccc(N(CC(=O)NCC(CC)Cc2ccccc2)S(C)(=O)=O)cc1. The number of carbonyl (C=O) groups excluding carboxylic acids is 1. The number of benzene rings is 2. The molecule has 0 aliphatic rings. The summed E-state index contributed by atoms with van der Waals surface area (Å²) in [7, 11) is -3.55. The van der Waals surface area contributed by atoms with Crippen molar-refractivity contribution >= 4 is 21.6 Å². The van der Waals surface area contributed by atoms with Gasteiger partial charge in [-0.05, 0) is 42.0 Å². The Balaban J connectivity index is 1.99. The normalized spacial score (nSPS) is 12.4. The third-order valence-electron chi connectivity index (χ3n) is 4.85. The summed E-state index contributed by atoms with van der Waals surface area (Å²) in [6.07, 6.45) is 3.81. The Morgan fingerprint density at radius 3 is 2.18 bits per heavy atom. The molecule has 0 aliphatic heterocycles. The highest BCUT2D eigenvalue weighted by Crippen LogP contribution is 2.18. The summed E-state index contributed by atoms with van der Waals surface area (Å²) in [5, 5.41) is 2.90. The summed E-state index contributed by atoms with van der Waals surface area (Å²) in [5.41, 5.74) is 2.86. The Hall–Kier alpha value is -2.34. The molecule has 6 heteroatoms. The van der Waals surface area contributed by atoms with Crippen LogP contribution in [0.2, 0.25) is 0 Å². The van der Waals surface area contributed by atoms with Crippen LogP contribution >= 0.6 is 0 Å². The number of hydrogen-bond acceptors (Lipinski definition) is 3. The lowest BCUT2D eigenvalue weighted by Crippen LogP contribution is -2.41. The molecule has 0 saturated heterocycles. The molecule has 0 spiro atoms. The van der Waals surface area contributed by atoms with Gasteiger partial charge < -0.3 is 5.32 Å². The summed E-state index contributed by atoms with van der Waals surface area (Å²) >= 11 is 0. The fourth-order valence-corrected chi connectivity index (χ4v) is 3.91. The lowest BCUT2D eigenvalue weighted by atomic mass is 9.97. The molecule has 0 bridgehead atoms. The van der Waals surface area contributed by atoms with E-state index in [2.05, 4.69) is 24.4 Å². The van der Waals surface area contributed by atoms with Gasteiger partial charge in [0.1, 0.15) is 6.54 Å². The number of nitrogens with zero attached hydrogens (tertiary/aromatic N) is 1. The molecule has 2 aromatic rings. The first-order chi connectivity index (χ1) is 13.3. The fourth-order valence-electron chi connectivity index (χ4n) is 3.05. The average Bonchev–Trinajstić information content (AvgIpc) is 2.69. The molecule has 2 aromatic carbocycles. The van der Waals surface area contributed by atoms with Crippen molar-refractivity contribution in [2.45, 2.75) is 33.1 Å². The van der Waals surface area contributed by atoms with E-state index in [0.29, 0.717) is 18.2 Å². The summed E-state index contributed by atoms with van der Waals surface area (Å²) in [4.78, 5) is 12.5. The highest BCUT2D eigenvalue weighted by atomic mass is 32.2. The monoisotopic (exact) mass is 402 g/mol. The van der Waals surface area contributed by atoms with Gasteiger partial charge in [-0.15, -0.1) is 0 Å². The van der Waals surface area contributed by atoms with E-state index in [1.165, 1.54) is 5.56 Å². The number of aryl methyl sites for hydroxylation is 1. The van der Waals surface area contributed by atoms with E-state index in [9.17, 15) is 13.2 Å². The minimum absolute atomic E-state index is 0.216. The molecule has 152 valence electrons. The molecule has 0 radical (unpaired) electrons. The maximum Gasteiger partial charge on any atom is 0.240 e. The quantitative estimate of drug-likeness (QED) is 0.662. The number of nitrogens with one attached hydrogen (secondary N) is 1. The minimum atomic E-state index is -3.55. The van der Waals surface area contributed by atoms with Crippen LogP contribution in [0.5, 0.6) is 0 Å². The largest absolute Gasteiger partial charge is 0.354 e. The predicted octanol–water partition coefficient (Wildman–Crippen LogP) is 3.40. The molecule has 0 saturated carbocycles. The molecule has 5 nitrogen and oxygen atoms in total. The second-order valence-electron chi connectivity index (χ2n) is 7.06. The maximum absolute atomic E-state index is 12.5. The van der Waals surface area contributed by atoms with Crippen molar-refractivity contribution in [2.24, 2.45) is 5.92 Å². The highest BCUT2D eigenvalue weighted by Gasteiger charge is 2.21. The maximum atomic E-state index is 12.5. The van der Waals surface area contributed by atoms with Crippen LogP contribution in [-0.4, -0.2) is 33.7 Å².